The van der Waals surface area contributed by atoms with Crippen molar-refractivity contribution < 1.29 is 28.6 Å². The molecule has 0 aliphatic heterocycles. The molecule has 0 aliphatic carbocycles. The minimum absolute atomic E-state index is 0.0601. The molecular weight excluding hydrogens is 985 g/mol. The third kappa shape index (κ3) is 67.2. The Morgan fingerprint density at radius 2 is 0.338 bits per heavy atom. The lowest BCUT2D eigenvalue weighted by molar-refractivity contribution is -0.167. The van der Waals surface area contributed by atoms with Crippen LogP contribution in [0, 0.1) is 0 Å². The van der Waals surface area contributed by atoms with E-state index in [0.717, 1.165) is 57.8 Å². The summed E-state index contributed by atoms with van der Waals surface area (Å²) in [5.41, 5.74) is 0. The number of carbonyl (C=O) groups is 3. The van der Waals surface area contributed by atoms with Gasteiger partial charge in [-0.2, -0.15) is 0 Å². The summed E-state index contributed by atoms with van der Waals surface area (Å²) in [7, 11) is 0. The van der Waals surface area contributed by atoms with Crippen LogP contribution in [0.4, 0.5) is 0 Å². The highest BCUT2D eigenvalue weighted by Gasteiger charge is 2.20. The monoisotopic (exact) mass is 1130 g/mol. The van der Waals surface area contributed by atoms with Gasteiger partial charge in [0.05, 0.1) is 0 Å². The van der Waals surface area contributed by atoms with Crippen LogP contribution < -0.4 is 0 Å². The van der Waals surface area contributed by atoms with Crippen LogP contribution in [-0.4, -0.2) is 37.2 Å². The van der Waals surface area contributed by atoms with Gasteiger partial charge in [-0.1, -0.05) is 400 Å². The molecule has 6 nitrogen and oxygen atoms in total. The fourth-order valence-electron chi connectivity index (χ4n) is 11.8. The van der Waals surface area contributed by atoms with Crippen LogP contribution in [0.2, 0.25) is 0 Å². The Labute approximate surface area is 501 Å². The van der Waals surface area contributed by atoms with Gasteiger partial charge in [0.15, 0.2) is 6.10 Å². The minimum Gasteiger partial charge on any atom is -0.462 e. The van der Waals surface area contributed by atoms with E-state index in [-0.39, 0.29) is 31.1 Å². The molecule has 0 aromatic heterocycles. The van der Waals surface area contributed by atoms with Crippen molar-refractivity contribution >= 4 is 17.9 Å². The minimum atomic E-state index is -0.763. The van der Waals surface area contributed by atoms with Gasteiger partial charge in [-0.15, -0.1) is 0 Å². The average molecular weight is 1130 g/mol. The van der Waals surface area contributed by atoms with E-state index in [4.69, 9.17) is 14.2 Å². The Kier molecular flexibility index (Phi) is 68.5. The van der Waals surface area contributed by atoms with Crippen LogP contribution in [0.5, 0.6) is 0 Å². The van der Waals surface area contributed by atoms with E-state index in [1.165, 1.54) is 340 Å². The molecule has 0 aliphatic rings. The highest BCUT2D eigenvalue weighted by atomic mass is 16.6. The largest absolute Gasteiger partial charge is 0.462 e. The van der Waals surface area contributed by atoms with E-state index < -0.39 is 6.10 Å². The van der Waals surface area contributed by atoms with Crippen molar-refractivity contribution in [3.63, 3.8) is 0 Å². The first-order valence-corrected chi connectivity index (χ1v) is 37.0. The molecule has 0 radical (unpaired) electrons. The molecule has 0 rings (SSSR count). The second-order valence-corrected chi connectivity index (χ2v) is 25.6. The number of esters is 3. The zero-order valence-corrected chi connectivity index (χ0v) is 54.9. The first-order valence-electron chi connectivity index (χ1n) is 37.0. The van der Waals surface area contributed by atoms with Crippen LogP contribution in [0.15, 0.2) is 0 Å². The van der Waals surface area contributed by atoms with Gasteiger partial charge >= 0.3 is 17.9 Å². The molecule has 1 unspecified atom stereocenters. The van der Waals surface area contributed by atoms with Crippen molar-refractivity contribution in [3.05, 3.63) is 0 Å². The summed E-state index contributed by atoms with van der Waals surface area (Å²) in [4.78, 5) is 38.4. The number of unbranched alkanes of at least 4 members (excludes halogenated alkanes) is 59. The second-order valence-electron chi connectivity index (χ2n) is 25.6. The van der Waals surface area contributed by atoms with Crippen LogP contribution >= 0.6 is 0 Å². The molecule has 0 aromatic rings. The Balaban J connectivity index is 4.12. The zero-order valence-electron chi connectivity index (χ0n) is 54.9. The average Bonchev–Trinajstić information content (AvgIpc) is 3.46. The number of carbonyl (C=O) groups excluding carboxylic acids is 3. The molecule has 0 bridgehead atoms. The molecule has 80 heavy (non-hydrogen) atoms. The molecule has 0 saturated carbocycles. The molecule has 0 spiro atoms. The van der Waals surface area contributed by atoms with Crippen molar-refractivity contribution in [1.29, 1.82) is 0 Å². The predicted octanol–water partition coefficient (Wildman–Crippen LogP) is 25.4. The maximum atomic E-state index is 12.9. The van der Waals surface area contributed by atoms with Crippen LogP contribution in [0.3, 0.4) is 0 Å². The summed E-state index contributed by atoms with van der Waals surface area (Å²) >= 11 is 0. The van der Waals surface area contributed by atoms with Gasteiger partial charge < -0.3 is 14.2 Å². The van der Waals surface area contributed by atoms with Gasteiger partial charge in [0, 0.05) is 19.3 Å². The summed E-state index contributed by atoms with van der Waals surface area (Å²) < 4.78 is 17.0. The fraction of sp³-hybridized carbons (Fsp3) is 0.959. The SMILES string of the molecule is CCCCCCCCCCCCCCCCCCCCCCCCCCCCCCCCC(=O)OCC(COC(=O)CCCCCCCCCCCCCCCC)OC(=O)CCCCCCCCCCCCCCCCCCCC. The molecule has 0 heterocycles. The standard InChI is InChI=1S/C74H144O6/c1-4-7-10-13-16-19-22-25-28-30-32-33-34-35-36-37-38-39-40-41-42-43-45-46-49-52-55-58-61-64-67-73(76)79-70-71(69-78-72(75)66-63-60-57-54-51-48-27-24-21-18-15-12-9-6-3)80-74(77)68-65-62-59-56-53-50-47-44-31-29-26-23-20-17-14-11-8-5-2/h71H,4-70H2,1-3H3. The topological polar surface area (TPSA) is 78.9 Å². The lowest BCUT2D eigenvalue weighted by Gasteiger charge is -2.18. The van der Waals surface area contributed by atoms with Gasteiger partial charge in [0.25, 0.3) is 0 Å². The summed E-state index contributed by atoms with van der Waals surface area (Å²) in [6.45, 7) is 6.75. The highest BCUT2D eigenvalue weighted by molar-refractivity contribution is 5.71. The predicted molar refractivity (Wildman–Crippen MR) is 349 cm³/mol. The zero-order chi connectivity index (χ0) is 57.8. The van der Waals surface area contributed by atoms with Crippen molar-refractivity contribution in [2.75, 3.05) is 13.2 Å². The normalized spacial score (nSPS) is 11.9. The van der Waals surface area contributed by atoms with E-state index in [1.54, 1.807) is 0 Å². The van der Waals surface area contributed by atoms with E-state index in [9.17, 15) is 14.4 Å². The number of rotatable bonds is 70. The Morgan fingerprint density at radius 1 is 0.200 bits per heavy atom. The Bertz CT molecular complexity index is 1200. The van der Waals surface area contributed by atoms with Gasteiger partial charge in [-0.25, -0.2) is 0 Å². The summed E-state index contributed by atoms with van der Waals surface area (Å²) in [5, 5.41) is 0. The van der Waals surface area contributed by atoms with Crippen molar-refractivity contribution in [2.24, 2.45) is 0 Å². The van der Waals surface area contributed by atoms with Gasteiger partial charge in [0.2, 0.25) is 0 Å². The van der Waals surface area contributed by atoms with Crippen LogP contribution in [-0.2, 0) is 28.6 Å². The molecule has 0 N–H and O–H groups in total. The molecule has 0 fully saturated rings. The Morgan fingerprint density at radius 3 is 0.500 bits per heavy atom. The van der Waals surface area contributed by atoms with Gasteiger partial charge in [0.1, 0.15) is 13.2 Å². The van der Waals surface area contributed by atoms with E-state index in [2.05, 4.69) is 20.8 Å². The molecule has 1 atom stereocenters. The first kappa shape index (κ1) is 78.4. The fourth-order valence-corrected chi connectivity index (χ4v) is 11.8. The maximum Gasteiger partial charge on any atom is 0.306 e. The van der Waals surface area contributed by atoms with Crippen molar-refractivity contribution in [1.82, 2.24) is 0 Å². The number of hydrogen-bond acceptors (Lipinski definition) is 6. The van der Waals surface area contributed by atoms with Crippen LogP contribution in [0.25, 0.3) is 0 Å². The second kappa shape index (κ2) is 69.9. The Hall–Kier alpha value is -1.59. The maximum absolute atomic E-state index is 12.9. The number of ether oxygens (including phenoxy) is 3. The third-order valence-electron chi connectivity index (χ3n) is 17.4. The lowest BCUT2D eigenvalue weighted by Crippen LogP contribution is -2.30. The molecule has 0 amide bonds. The molecule has 6 heteroatoms. The first-order chi connectivity index (χ1) is 39.5. The lowest BCUT2D eigenvalue weighted by atomic mass is 10.0. The third-order valence-corrected chi connectivity index (χ3v) is 17.4. The quantitative estimate of drug-likeness (QED) is 0.0343. The van der Waals surface area contributed by atoms with E-state index in [0.29, 0.717) is 19.3 Å². The molecular formula is C74H144O6. The number of hydrogen-bond donors (Lipinski definition) is 0. The molecule has 0 saturated heterocycles. The molecule has 0 aromatic carbocycles. The van der Waals surface area contributed by atoms with Gasteiger partial charge in [-0.05, 0) is 19.3 Å². The smallest absolute Gasteiger partial charge is 0.306 e. The van der Waals surface area contributed by atoms with E-state index >= 15 is 0 Å². The summed E-state index contributed by atoms with van der Waals surface area (Å²) in [5.74, 6) is -0.818. The highest BCUT2D eigenvalue weighted by Crippen LogP contribution is 2.20. The van der Waals surface area contributed by atoms with Crippen molar-refractivity contribution in [3.8, 4) is 0 Å². The van der Waals surface area contributed by atoms with Crippen LogP contribution in [0.1, 0.15) is 438 Å². The van der Waals surface area contributed by atoms with Gasteiger partial charge in [-0.3, -0.25) is 14.4 Å². The molecule has 476 valence electrons. The summed E-state index contributed by atoms with van der Waals surface area (Å²) in [6.07, 6.45) is 83.0. The van der Waals surface area contributed by atoms with Crippen molar-refractivity contribution in [2.45, 2.75) is 444 Å². The summed E-state index contributed by atoms with van der Waals surface area (Å²) in [6, 6.07) is 0. The van der Waals surface area contributed by atoms with E-state index in [1.807, 2.05) is 0 Å².